The van der Waals surface area contributed by atoms with Crippen molar-refractivity contribution in [1.29, 1.82) is 0 Å². The van der Waals surface area contributed by atoms with Crippen LogP contribution in [0.2, 0.25) is 5.02 Å². The third kappa shape index (κ3) is 2.23. The third-order valence-corrected chi connectivity index (χ3v) is 4.49. The lowest BCUT2D eigenvalue weighted by atomic mass is 10.1. The summed E-state index contributed by atoms with van der Waals surface area (Å²) in [7, 11) is 0. The van der Waals surface area contributed by atoms with Crippen LogP contribution in [0.5, 0.6) is 0 Å². The number of hydrogen-bond acceptors (Lipinski definition) is 3. The first-order valence-corrected chi connectivity index (χ1v) is 7.90. The quantitative estimate of drug-likeness (QED) is 0.860. The van der Waals surface area contributed by atoms with E-state index in [0.29, 0.717) is 11.0 Å². The Morgan fingerprint density at radius 2 is 1.83 bits per heavy atom. The van der Waals surface area contributed by atoms with Gasteiger partial charge in [-0.3, -0.25) is 0 Å². The number of rotatable bonds is 3. The minimum Gasteiger partial charge on any atom is -0.326 e. The number of amidine groups is 1. The molecule has 2 aromatic carbocycles. The maximum absolute atomic E-state index is 5.99. The molecule has 5 heteroatoms. The van der Waals surface area contributed by atoms with Gasteiger partial charge in [0.15, 0.2) is 5.69 Å². The van der Waals surface area contributed by atoms with E-state index in [1.807, 2.05) is 48.7 Å². The average Bonchev–Trinajstić information content (AvgIpc) is 2.96. The van der Waals surface area contributed by atoms with Crippen LogP contribution in [-0.4, -0.2) is 25.1 Å². The zero-order chi connectivity index (χ0) is 15.9. The minimum atomic E-state index is 0.522. The van der Waals surface area contributed by atoms with Crippen molar-refractivity contribution in [2.45, 2.75) is 0 Å². The van der Waals surface area contributed by atoms with Crippen LogP contribution in [0.3, 0.4) is 0 Å². The van der Waals surface area contributed by atoms with Crippen LogP contribution in [0.15, 0.2) is 64.7 Å². The van der Waals surface area contributed by atoms with Gasteiger partial charge in [-0.05, 0) is 18.2 Å². The van der Waals surface area contributed by atoms with Crippen molar-refractivity contribution < 1.29 is 0 Å². The Bertz CT molecular complexity index is 852. The summed E-state index contributed by atoms with van der Waals surface area (Å²) >= 11 is 5.99. The zero-order valence-electron chi connectivity index (χ0n) is 12.5. The van der Waals surface area contributed by atoms with E-state index in [1.165, 1.54) is 0 Å². The summed E-state index contributed by atoms with van der Waals surface area (Å²) in [6.45, 7) is 1.31. The molecule has 0 aliphatic carbocycles. The number of nitrogens with two attached hydrogens (primary N) is 1. The number of para-hydroxylation sites is 2. The first-order chi connectivity index (χ1) is 11.2. The van der Waals surface area contributed by atoms with E-state index in [4.69, 9.17) is 22.3 Å². The second-order valence-corrected chi connectivity index (χ2v) is 6.06. The van der Waals surface area contributed by atoms with Crippen molar-refractivity contribution in [1.82, 2.24) is 4.48 Å². The van der Waals surface area contributed by atoms with Gasteiger partial charge in [-0.25, -0.2) is 9.48 Å². The molecule has 2 heterocycles. The highest BCUT2D eigenvalue weighted by molar-refractivity contribution is 6.38. The molecule has 0 fully saturated rings. The van der Waals surface area contributed by atoms with Crippen LogP contribution in [0.25, 0.3) is 5.70 Å². The van der Waals surface area contributed by atoms with Crippen LogP contribution >= 0.6 is 11.6 Å². The van der Waals surface area contributed by atoms with Crippen LogP contribution in [-0.2, 0) is 0 Å². The first-order valence-electron chi connectivity index (χ1n) is 7.52. The van der Waals surface area contributed by atoms with E-state index in [0.717, 1.165) is 40.0 Å². The van der Waals surface area contributed by atoms with Gasteiger partial charge < -0.3 is 5.73 Å². The SMILES string of the molecule is NCC[N+]12C=C(c3ccc(Cl)cc3)N=C1C=Nc1ccccc12. The van der Waals surface area contributed by atoms with Crippen molar-refractivity contribution >= 4 is 40.7 Å². The Morgan fingerprint density at radius 1 is 1.04 bits per heavy atom. The molecule has 0 saturated carbocycles. The molecule has 4 rings (SSSR count). The topological polar surface area (TPSA) is 50.7 Å². The molecule has 1 atom stereocenters. The Hall–Kier alpha value is -2.27. The Morgan fingerprint density at radius 3 is 2.61 bits per heavy atom. The second kappa shape index (κ2) is 5.42. The Kier molecular flexibility index (Phi) is 3.38. The van der Waals surface area contributed by atoms with Gasteiger partial charge in [0, 0.05) is 23.2 Å². The number of fused-ring (bicyclic) bond motifs is 3. The molecular weight excluding hydrogens is 308 g/mol. The van der Waals surface area contributed by atoms with Gasteiger partial charge in [0.05, 0.1) is 0 Å². The number of benzene rings is 2. The maximum Gasteiger partial charge on any atom is 0.257 e. The lowest BCUT2D eigenvalue weighted by Gasteiger charge is -2.32. The molecule has 23 heavy (non-hydrogen) atoms. The summed E-state index contributed by atoms with van der Waals surface area (Å²) in [5.74, 6) is 0.902. The summed E-state index contributed by atoms with van der Waals surface area (Å²) in [4.78, 5) is 9.34. The monoisotopic (exact) mass is 323 g/mol. The molecule has 114 valence electrons. The third-order valence-electron chi connectivity index (χ3n) is 4.24. The fourth-order valence-corrected chi connectivity index (χ4v) is 3.27. The normalized spacial score (nSPS) is 21.5. The lowest BCUT2D eigenvalue weighted by molar-refractivity contribution is 0.560. The van der Waals surface area contributed by atoms with E-state index in [1.54, 1.807) is 0 Å². The van der Waals surface area contributed by atoms with Gasteiger partial charge in [-0.15, -0.1) is 0 Å². The number of quaternary nitrogens is 1. The average molecular weight is 324 g/mol. The number of halogens is 1. The zero-order valence-corrected chi connectivity index (χ0v) is 13.2. The highest BCUT2D eigenvalue weighted by Crippen LogP contribution is 2.41. The molecule has 1 unspecified atom stereocenters. The van der Waals surface area contributed by atoms with Crippen LogP contribution in [0.4, 0.5) is 11.4 Å². The highest BCUT2D eigenvalue weighted by Gasteiger charge is 2.43. The summed E-state index contributed by atoms with van der Waals surface area (Å²) in [5.41, 5.74) is 9.95. The van der Waals surface area contributed by atoms with E-state index < -0.39 is 0 Å². The second-order valence-electron chi connectivity index (χ2n) is 5.62. The van der Waals surface area contributed by atoms with Gasteiger partial charge in [-0.2, -0.15) is 4.99 Å². The number of hydrogen-bond donors (Lipinski definition) is 1. The molecule has 0 amide bonds. The molecule has 2 aromatic rings. The number of nitrogens with zero attached hydrogens (tertiary/aromatic N) is 3. The fraction of sp³-hybridized carbons (Fsp3) is 0.111. The van der Waals surface area contributed by atoms with Crippen LogP contribution in [0, 0.1) is 0 Å². The van der Waals surface area contributed by atoms with E-state index in [9.17, 15) is 0 Å². The fourth-order valence-electron chi connectivity index (χ4n) is 3.14. The molecule has 2 aliphatic rings. The largest absolute Gasteiger partial charge is 0.326 e. The van der Waals surface area contributed by atoms with E-state index in [2.05, 4.69) is 17.3 Å². The summed E-state index contributed by atoms with van der Waals surface area (Å²) in [6.07, 6.45) is 4.01. The summed E-state index contributed by atoms with van der Waals surface area (Å²) in [5, 5.41) is 0.718. The predicted molar refractivity (Wildman–Crippen MR) is 97.2 cm³/mol. The number of aliphatic imine (C=N–C) groups is 2. The highest BCUT2D eigenvalue weighted by atomic mass is 35.5. The molecule has 2 aliphatic heterocycles. The molecule has 0 radical (unpaired) electrons. The van der Waals surface area contributed by atoms with Gasteiger partial charge in [0.2, 0.25) is 0 Å². The smallest absolute Gasteiger partial charge is 0.257 e. The standard InChI is InChI=1S/C18H16ClN4/c19-14-7-5-13(6-8-14)16-12-23(10-9-20)17-4-2-1-3-15(17)21-11-18(23)22-16/h1-8,11-12H,9-10,20H2/q+1. The van der Waals surface area contributed by atoms with E-state index in [-0.39, 0.29) is 0 Å². The van der Waals surface area contributed by atoms with Crippen molar-refractivity contribution in [3.63, 3.8) is 0 Å². The molecule has 0 spiro atoms. The molecule has 2 N–H and O–H groups in total. The predicted octanol–water partition coefficient (Wildman–Crippen LogP) is 3.73. The molecule has 0 saturated heterocycles. The maximum atomic E-state index is 5.99. The molecule has 4 nitrogen and oxygen atoms in total. The minimum absolute atomic E-state index is 0.522. The van der Waals surface area contributed by atoms with Crippen molar-refractivity contribution in [2.24, 2.45) is 15.7 Å². The van der Waals surface area contributed by atoms with Crippen molar-refractivity contribution in [2.75, 3.05) is 13.1 Å². The van der Waals surface area contributed by atoms with Crippen LogP contribution in [0.1, 0.15) is 5.56 Å². The summed E-state index contributed by atoms with van der Waals surface area (Å²) in [6, 6.07) is 15.9. The van der Waals surface area contributed by atoms with Gasteiger partial charge in [0.1, 0.15) is 30.3 Å². The molecular formula is C18H16ClN4+. The Labute approximate surface area is 139 Å². The molecule has 0 aromatic heterocycles. The van der Waals surface area contributed by atoms with Gasteiger partial charge in [-0.1, -0.05) is 35.9 Å². The van der Waals surface area contributed by atoms with E-state index >= 15 is 0 Å². The van der Waals surface area contributed by atoms with Gasteiger partial charge in [0.25, 0.3) is 5.84 Å². The molecule has 0 bridgehead atoms. The van der Waals surface area contributed by atoms with Crippen LogP contribution < -0.4 is 10.2 Å². The van der Waals surface area contributed by atoms with Crippen molar-refractivity contribution in [3.05, 3.63) is 65.3 Å². The van der Waals surface area contributed by atoms with Gasteiger partial charge >= 0.3 is 0 Å². The Balaban J connectivity index is 1.89. The lowest BCUT2D eigenvalue weighted by Crippen LogP contribution is -2.52. The van der Waals surface area contributed by atoms with Crippen molar-refractivity contribution in [3.8, 4) is 0 Å². The summed E-state index contributed by atoms with van der Waals surface area (Å²) < 4.78 is 0.522. The first kappa shape index (κ1) is 14.3.